The molecule has 3 aromatic heterocycles. The Bertz CT molecular complexity index is 1970. The van der Waals surface area contributed by atoms with E-state index in [1.807, 2.05) is 26.0 Å². The summed E-state index contributed by atoms with van der Waals surface area (Å²) in [6.45, 7) is 7.38. The number of H-pyrrole nitrogens is 1. The molecular weight excluding hydrogens is 631 g/mol. The molecule has 1 saturated carbocycles. The van der Waals surface area contributed by atoms with E-state index in [1.54, 1.807) is 47.2 Å². The zero-order chi connectivity index (χ0) is 32.6. The van der Waals surface area contributed by atoms with Gasteiger partial charge in [0.05, 0.1) is 23.5 Å². The molecule has 0 spiro atoms. The second kappa shape index (κ2) is 14.8. The molecule has 0 bridgehead atoms. The van der Waals surface area contributed by atoms with E-state index < -0.39 is 17.2 Å². The molecule has 1 unspecified atom stereocenters. The van der Waals surface area contributed by atoms with Gasteiger partial charge in [-0.25, -0.2) is 13.7 Å². The van der Waals surface area contributed by atoms with Crippen LogP contribution in [-0.4, -0.2) is 104 Å². The maximum absolute atomic E-state index is 15.9. The summed E-state index contributed by atoms with van der Waals surface area (Å²) in [6, 6.07) is 12.0. The van der Waals surface area contributed by atoms with Gasteiger partial charge in [0.2, 0.25) is 5.78 Å². The molecule has 5 aromatic rings. The first-order chi connectivity index (χ1) is 22.0. The molecule has 244 valence electrons. The number of nitrogens with one attached hydrogen (secondary N) is 1. The summed E-state index contributed by atoms with van der Waals surface area (Å²) in [5, 5.41) is 18.6. The van der Waals surface area contributed by atoms with Crippen molar-refractivity contribution in [3.63, 3.8) is 0 Å². The van der Waals surface area contributed by atoms with Gasteiger partial charge in [-0.1, -0.05) is 54.9 Å². The van der Waals surface area contributed by atoms with Crippen molar-refractivity contribution >= 4 is 57.2 Å². The van der Waals surface area contributed by atoms with Gasteiger partial charge in [0.25, 0.3) is 5.56 Å². The minimum absolute atomic E-state index is 0. The van der Waals surface area contributed by atoms with Crippen molar-refractivity contribution in [1.82, 2.24) is 29.3 Å². The Labute approximate surface area is 314 Å². The average Bonchev–Trinajstić information content (AvgIpc) is 3.69. The predicted molar refractivity (Wildman–Crippen MR) is 177 cm³/mol. The molecule has 1 aliphatic rings. The van der Waals surface area contributed by atoms with Gasteiger partial charge in [0.1, 0.15) is 12.1 Å². The number of benzene rings is 2. The van der Waals surface area contributed by atoms with Crippen LogP contribution in [0.15, 0.2) is 62.9 Å². The van der Waals surface area contributed by atoms with Gasteiger partial charge in [-0.2, -0.15) is 10.1 Å². The van der Waals surface area contributed by atoms with Gasteiger partial charge in [-0.3, -0.25) is 18.9 Å². The minimum atomic E-state index is -0.945. The van der Waals surface area contributed by atoms with Gasteiger partial charge < -0.3 is 9.84 Å². The fourth-order valence-electron chi connectivity index (χ4n) is 6.31. The van der Waals surface area contributed by atoms with Crippen molar-refractivity contribution in [2.24, 2.45) is 0 Å². The van der Waals surface area contributed by atoms with E-state index in [0.29, 0.717) is 52.9 Å². The summed E-state index contributed by atoms with van der Waals surface area (Å²) >= 11 is 0. The number of nitrogens with zero attached hydrogens (tertiary/aromatic N) is 5. The van der Waals surface area contributed by atoms with Gasteiger partial charge in [-0.15, -0.1) is 0 Å². The van der Waals surface area contributed by atoms with Crippen LogP contribution in [0.1, 0.15) is 82.7 Å². The van der Waals surface area contributed by atoms with E-state index >= 15 is 4.39 Å². The van der Waals surface area contributed by atoms with Crippen LogP contribution < -0.4 is 11.3 Å². The van der Waals surface area contributed by atoms with Crippen molar-refractivity contribution in [3.8, 4) is 22.5 Å². The number of fused-ring (bicyclic) bond motifs is 1. The standard InChI is InChI=1S/C34H39FN6O5.K.H/c1-5-8-29-27(17-22-12-11-21(18-28(22)35)25-9-6-7-10-26(25)30-38-33(43)46-39-30)31(42)40(32-36-19-37-41(29)32)23-13-15-24(16-14-23)45-20(2)34(3,4)44;;/h6-7,9-12,18-20,23-24,44H,5,8,13-17H2,1-4H3,(H,38,39,43);;/t20?,23-,24-;;. The quantitative estimate of drug-likeness (QED) is 0.206. The average molecular weight is 671 g/mol. The fourth-order valence-corrected chi connectivity index (χ4v) is 6.31. The van der Waals surface area contributed by atoms with Crippen molar-refractivity contribution in [1.29, 1.82) is 0 Å². The summed E-state index contributed by atoms with van der Waals surface area (Å²) in [5.41, 5.74) is 2.36. The molecule has 6 rings (SSSR count). The van der Waals surface area contributed by atoms with E-state index in [-0.39, 0.29) is 87.4 Å². The molecule has 3 heterocycles. The van der Waals surface area contributed by atoms with Crippen molar-refractivity contribution in [2.75, 3.05) is 0 Å². The zero-order valence-corrected chi connectivity index (χ0v) is 26.5. The molecule has 11 nitrogen and oxygen atoms in total. The number of ether oxygens (including phenoxy) is 1. The Morgan fingerprint density at radius 1 is 1.13 bits per heavy atom. The molecule has 0 saturated heterocycles. The number of aliphatic hydroxyl groups is 1. The monoisotopic (exact) mass is 670 g/mol. The van der Waals surface area contributed by atoms with Crippen molar-refractivity contribution in [3.05, 3.63) is 92.3 Å². The Balaban J connectivity index is 0.00000433. The van der Waals surface area contributed by atoms with E-state index in [2.05, 4.69) is 24.7 Å². The second-order valence-electron chi connectivity index (χ2n) is 12.7. The predicted octanol–water partition coefficient (Wildman–Crippen LogP) is 4.59. The maximum atomic E-state index is 15.9. The van der Waals surface area contributed by atoms with Crippen LogP contribution in [0.4, 0.5) is 4.39 Å². The number of aryl methyl sites for hydroxylation is 1. The first kappa shape index (κ1) is 35.5. The van der Waals surface area contributed by atoms with Gasteiger partial charge in [0.15, 0.2) is 5.82 Å². The van der Waals surface area contributed by atoms with Gasteiger partial charge in [0, 0.05) is 23.6 Å². The van der Waals surface area contributed by atoms with E-state index in [4.69, 9.17) is 4.74 Å². The third kappa shape index (κ3) is 7.46. The van der Waals surface area contributed by atoms with Crippen LogP contribution in [0, 0.1) is 5.82 Å². The SMILES string of the molecule is CCCc1c(Cc2ccc(-c3ccccc3-c3noc(=O)[nH]3)cc2F)c(=O)n([C@H]2CC[C@H](OC(C)C(C)(C)O)CC2)c2ncnn12.[KH]. The number of rotatable bonds is 10. The molecule has 1 atom stereocenters. The molecule has 0 amide bonds. The van der Waals surface area contributed by atoms with E-state index in [0.717, 1.165) is 25.0 Å². The fraction of sp³-hybridized carbons (Fsp3) is 0.441. The number of hydrogen-bond acceptors (Lipinski definition) is 8. The molecular formula is C34H40FKN6O5. The topological polar surface area (TPSA) is 141 Å². The second-order valence-corrected chi connectivity index (χ2v) is 12.7. The summed E-state index contributed by atoms with van der Waals surface area (Å²) in [7, 11) is 0. The molecule has 1 fully saturated rings. The first-order valence-electron chi connectivity index (χ1n) is 15.8. The molecule has 47 heavy (non-hydrogen) atoms. The third-order valence-electron chi connectivity index (χ3n) is 9.07. The summed E-state index contributed by atoms with van der Waals surface area (Å²) in [5.74, 6) is -0.384. The van der Waals surface area contributed by atoms with Crippen molar-refractivity contribution < 1.29 is 18.8 Å². The van der Waals surface area contributed by atoms with E-state index in [9.17, 15) is 14.7 Å². The third-order valence-corrected chi connectivity index (χ3v) is 9.07. The number of aromatic amines is 1. The number of halogens is 1. The normalized spacial score (nSPS) is 17.5. The number of aromatic nitrogens is 6. The Hall–Kier alpha value is -2.78. The van der Waals surface area contributed by atoms with Crippen molar-refractivity contribution in [2.45, 2.75) is 96.5 Å². The molecule has 2 aromatic carbocycles. The Morgan fingerprint density at radius 3 is 2.49 bits per heavy atom. The zero-order valence-electron chi connectivity index (χ0n) is 26.5. The van der Waals surface area contributed by atoms with Crippen LogP contribution in [0.5, 0.6) is 0 Å². The van der Waals surface area contributed by atoms with Crippen LogP contribution in [0.25, 0.3) is 28.3 Å². The van der Waals surface area contributed by atoms with Gasteiger partial charge in [-0.05, 0) is 75.6 Å². The molecule has 0 aliphatic heterocycles. The van der Waals surface area contributed by atoms with Crippen LogP contribution in [0.2, 0.25) is 0 Å². The first-order valence-corrected chi connectivity index (χ1v) is 15.8. The molecule has 13 heteroatoms. The summed E-state index contributed by atoms with van der Waals surface area (Å²) in [4.78, 5) is 32.9. The van der Waals surface area contributed by atoms with Crippen LogP contribution in [0.3, 0.4) is 0 Å². The van der Waals surface area contributed by atoms with E-state index in [1.165, 1.54) is 12.4 Å². The van der Waals surface area contributed by atoms with Gasteiger partial charge >= 0.3 is 57.1 Å². The molecule has 2 N–H and O–H groups in total. The Morgan fingerprint density at radius 2 is 1.85 bits per heavy atom. The number of hydrogen-bond donors (Lipinski definition) is 2. The van der Waals surface area contributed by atoms with Crippen LogP contribution in [-0.2, 0) is 17.6 Å². The summed E-state index contributed by atoms with van der Waals surface area (Å²) < 4.78 is 30.2. The molecule has 1 aliphatic carbocycles. The summed E-state index contributed by atoms with van der Waals surface area (Å²) in [6.07, 6.45) is 5.48. The Kier molecular flexibility index (Phi) is 11.2. The molecule has 0 radical (unpaired) electrons. The van der Waals surface area contributed by atoms with Crippen LogP contribution >= 0.6 is 0 Å².